The van der Waals surface area contributed by atoms with Crippen LogP contribution in [0.25, 0.3) is 6.08 Å². The summed E-state index contributed by atoms with van der Waals surface area (Å²) in [6.45, 7) is 1.97. The molecule has 1 amide bonds. The van der Waals surface area contributed by atoms with E-state index in [-0.39, 0.29) is 5.91 Å². The van der Waals surface area contributed by atoms with Crippen LogP contribution in [0.4, 0.5) is 5.69 Å². The highest BCUT2D eigenvalue weighted by Gasteiger charge is 2.23. The van der Waals surface area contributed by atoms with Gasteiger partial charge in [-0.1, -0.05) is 54.1 Å². The fourth-order valence-electron chi connectivity index (χ4n) is 2.20. The van der Waals surface area contributed by atoms with Crippen molar-refractivity contribution < 1.29 is 4.79 Å². The summed E-state index contributed by atoms with van der Waals surface area (Å²) in [5, 5.41) is 3.95. The highest BCUT2D eigenvalue weighted by Crippen LogP contribution is 2.28. The number of halogens is 1. The van der Waals surface area contributed by atoms with E-state index in [0.717, 1.165) is 11.1 Å². The topological polar surface area (TPSA) is 41.5 Å². The first-order valence-electron chi connectivity index (χ1n) is 7.39. The maximum Gasteiger partial charge on any atom is 0.264 e. The number of amidine groups is 1. The van der Waals surface area contributed by atoms with Crippen LogP contribution in [-0.2, 0) is 4.79 Å². The van der Waals surface area contributed by atoms with Crippen molar-refractivity contribution in [3.05, 3.63) is 81.7 Å². The Morgan fingerprint density at radius 1 is 1.17 bits per heavy atom. The van der Waals surface area contributed by atoms with Gasteiger partial charge in [0, 0.05) is 5.02 Å². The van der Waals surface area contributed by atoms with Crippen LogP contribution in [0.2, 0.25) is 5.02 Å². The largest absolute Gasteiger partial charge is 0.300 e. The summed E-state index contributed by atoms with van der Waals surface area (Å²) < 4.78 is 0. The van der Waals surface area contributed by atoms with Crippen LogP contribution >= 0.6 is 23.4 Å². The third kappa shape index (κ3) is 4.37. The predicted octanol–water partition coefficient (Wildman–Crippen LogP) is 5.18. The first-order valence-corrected chi connectivity index (χ1v) is 8.58. The minimum absolute atomic E-state index is 0.137. The van der Waals surface area contributed by atoms with Crippen molar-refractivity contribution in [1.29, 1.82) is 0 Å². The molecule has 0 atom stereocenters. The minimum Gasteiger partial charge on any atom is -0.300 e. The molecule has 1 heterocycles. The van der Waals surface area contributed by atoms with Gasteiger partial charge in [0.15, 0.2) is 5.17 Å². The van der Waals surface area contributed by atoms with E-state index in [1.807, 2.05) is 61.5 Å². The maximum atomic E-state index is 12.1. The number of hydrogen-bond acceptors (Lipinski definition) is 3. The van der Waals surface area contributed by atoms with Crippen molar-refractivity contribution in [2.75, 3.05) is 0 Å². The summed E-state index contributed by atoms with van der Waals surface area (Å²) in [5.41, 5.74) is 2.81. The van der Waals surface area contributed by atoms with Crippen LogP contribution in [0.15, 0.2) is 76.1 Å². The molecule has 3 rings (SSSR count). The molecule has 0 spiro atoms. The van der Waals surface area contributed by atoms with Crippen molar-refractivity contribution in [3.63, 3.8) is 0 Å². The third-order valence-corrected chi connectivity index (χ3v) is 4.39. The molecule has 0 aliphatic carbocycles. The van der Waals surface area contributed by atoms with Gasteiger partial charge in [-0.15, -0.1) is 0 Å². The van der Waals surface area contributed by atoms with Gasteiger partial charge < -0.3 is 5.32 Å². The molecular weight excluding hydrogens is 340 g/mol. The molecule has 3 nitrogen and oxygen atoms in total. The van der Waals surface area contributed by atoms with E-state index in [9.17, 15) is 4.79 Å². The number of aliphatic imine (C=N–C) groups is 1. The molecule has 1 saturated heterocycles. The molecule has 0 unspecified atom stereocenters. The maximum absolute atomic E-state index is 12.1. The molecule has 0 saturated carbocycles. The van der Waals surface area contributed by atoms with Gasteiger partial charge in [0.25, 0.3) is 5.91 Å². The van der Waals surface area contributed by atoms with E-state index in [4.69, 9.17) is 11.6 Å². The van der Waals surface area contributed by atoms with E-state index >= 15 is 0 Å². The minimum atomic E-state index is -0.137. The molecule has 2 aromatic carbocycles. The average Bonchev–Trinajstić information content (AvgIpc) is 2.87. The van der Waals surface area contributed by atoms with Crippen LogP contribution in [0.5, 0.6) is 0 Å². The number of hydrogen-bond donors (Lipinski definition) is 1. The van der Waals surface area contributed by atoms with Gasteiger partial charge in [-0.25, -0.2) is 4.99 Å². The number of carbonyl (C=O) groups excluding carboxylic acids is 1. The SMILES string of the molecule is CC(=C/c1ccccc1)/C=C1\SC(=Nc2cccc(Cl)c2)NC1=O. The van der Waals surface area contributed by atoms with E-state index in [2.05, 4.69) is 10.3 Å². The summed E-state index contributed by atoms with van der Waals surface area (Å²) >= 11 is 7.28. The number of thioether (sulfide) groups is 1. The second kappa shape index (κ2) is 7.51. The van der Waals surface area contributed by atoms with Crippen LogP contribution in [0.1, 0.15) is 12.5 Å². The van der Waals surface area contributed by atoms with Crippen molar-refractivity contribution in [2.24, 2.45) is 4.99 Å². The van der Waals surface area contributed by atoms with Gasteiger partial charge in [-0.05, 0) is 54.1 Å². The normalized spacial score (nSPS) is 18.2. The first kappa shape index (κ1) is 16.6. The lowest BCUT2D eigenvalue weighted by atomic mass is 10.1. The molecule has 0 radical (unpaired) electrons. The Balaban J connectivity index is 1.78. The van der Waals surface area contributed by atoms with Gasteiger partial charge in [-0.3, -0.25) is 4.79 Å². The third-order valence-electron chi connectivity index (χ3n) is 3.24. The van der Waals surface area contributed by atoms with Gasteiger partial charge in [0.1, 0.15) is 0 Å². The van der Waals surface area contributed by atoms with E-state index in [1.54, 1.807) is 12.1 Å². The van der Waals surface area contributed by atoms with Crippen molar-refractivity contribution in [1.82, 2.24) is 5.32 Å². The number of allylic oxidation sites excluding steroid dienone is 2. The van der Waals surface area contributed by atoms with Crippen molar-refractivity contribution in [3.8, 4) is 0 Å². The van der Waals surface area contributed by atoms with Gasteiger partial charge >= 0.3 is 0 Å². The highest BCUT2D eigenvalue weighted by atomic mass is 35.5. The number of rotatable bonds is 3. The molecule has 0 bridgehead atoms. The highest BCUT2D eigenvalue weighted by molar-refractivity contribution is 8.18. The molecule has 120 valence electrons. The summed E-state index contributed by atoms with van der Waals surface area (Å²) in [6.07, 6.45) is 3.90. The number of nitrogens with zero attached hydrogens (tertiary/aromatic N) is 1. The second-order valence-corrected chi connectivity index (χ2v) is 6.73. The summed E-state index contributed by atoms with van der Waals surface area (Å²) in [7, 11) is 0. The monoisotopic (exact) mass is 354 g/mol. The van der Waals surface area contributed by atoms with E-state index in [0.29, 0.717) is 20.8 Å². The summed E-state index contributed by atoms with van der Waals surface area (Å²) in [6, 6.07) is 17.2. The number of benzene rings is 2. The Bertz CT molecular complexity index is 857. The first-order chi connectivity index (χ1) is 11.6. The zero-order chi connectivity index (χ0) is 16.9. The zero-order valence-corrected chi connectivity index (χ0v) is 14.6. The Morgan fingerprint density at radius 3 is 2.71 bits per heavy atom. The molecule has 2 aromatic rings. The molecule has 24 heavy (non-hydrogen) atoms. The van der Waals surface area contributed by atoms with Gasteiger partial charge in [0.05, 0.1) is 10.6 Å². The van der Waals surface area contributed by atoms with Gasteiger partial charge in [-0.2, -0.15) is 0 Å². The zero-order valence-electron chi connectivity index (χ0n) is 13.0. The van der Waals surface area contributed by atoms with Crippen LogP contribution in [0, 0.1) is 0 Å². The Hall–Kier alpha value is -2.30. The van der Waals surface area contributed by atoms with Gasteiger partial charge in [0.2, 0.25) is 0 Å². The predicted molar refractivity (Wildman–Crippen MR) is 102 cm³/mol. The van der Waals surface area contributed by atoms with Crippen LogP contribution in [0.3, 0.4) is 0 Å². The average molecular weight is 355 g/mol. The number of nitrogens with one attached hydrogen (secondary N) is 1. The second-order valence-electron chi connectivity index (χ2n) is 5.26. The van der Waals surface area contributed by atoms with Crippen molar-refractivity contribution in [2.45, 2.75) is 6.92 Å². The molecule has 1 aliphatic heterocycles. The lowest BCUT2D eigenvalue weighted by Crippen LogP contribution is -2.19. The van der Waals surface area contributed by atoms with Crippen molar-refractivity contribution >= 4 is 46.2 Å². The quantitative estimate of drug-likeness (QED) is 0.772. The lowest BCUT2D eigenvalue weighted by Gasteiger charge is -1.97. The Kier molecular flexibility index (Phi) is 5.18. The lowest BCUT2D eigenvalue weighted by molar-refractivity contribution is -0.115. The fraction of sp³-hybridized carbons (Fsp3) is 0.0526. The summed E-state index contributed by atoms with van der Waals surface area (Å²) in [4.78, 5) is 17.1. The smallest absolute Gasteiger partial charge is 0.264 e. The number of amides is 1. The Labute approximate surface area is 150 Å². The summed E-state index contributed by atoms with van der Waals surface area (Å²) in [5.74, 6) is -0.137. The van der Waals surface area contributed by atoms with E-state index < -0.39 is 0 Å². The molecule has 1 N–H and O–H groups in total. The molecule has 1 aliphatic rings. The van der Waals surface area contributed by atoms with Crippen LogP contribution in [-0.4, -0.2) is 11.1 Å². The Morgan fingerprint density at radius 2 is 1.96 bits per heavy atom. The molecule has 0 aromatic heterocycles. The molecule has 5 heteroatoms. The number of carbonyl (C=O) groups is 1. The molecular formula is C19H15ClN2OS. The molecule has 1 fully saturated rings. The fourth-order valence-corrected chi connectivity index (χ4v) is 3.28. The standard InChI is InChI=1S/C19H15ClN2OS/c1-13(10-14-6-3-2-4-7-14)11-17-18(23)22-19(24-17)21-16-9-5-8-15(20)12-16/h2-12H,1H3,(H,21,22,23)/b13-10-,17-11-. The van der Waals surface area contributed by atoms with E-state index in [1.165, 1.54) is 11.8 Å². The van der Waals surface area contributed by atoms with Crippen LogP contribution < -0.4 is 5.32 Å².